The Kier molecular flexibility index (Phi) is 6.36. The number of sulfonamides is 1. The van der Waals surface area contributed by atoms with Crippen LogP contribution in [0.2, 0.25) is 0 Å². The zero-order valence-electron chi connectivity index (χ0n) is 17.7. The van der Waals surface area contributed by atoms with Gasteiger partial charge in [-0.05, 0) is 19.1 Å². The number of nitrogens with one attached hydrogen (secondary N) is 2. The fourth-order valence-corrected chi connectivity index (χ4v) is 5.44. The van der Waals surface area contributed by atoms with Crippen molar-refractivity contribution in [1.82, 2.24) is 19.3 Å². The molecule has 0 unspecified atom stereocenters. The maximum atomic E-state index is 13.9. The Morgan fingerprint density at radius 3 is 2.48 bits per heavy atom. The first kappa shape index (κ1) is 22.8. The molecule has 4 aromatic rings. The largest absolute Gasteiger partial charge is 0.333 e. The van der Waals surface area contributed by atoms with Crippen molar-refractivity contribution < 1.29 is 17.6 Å². The molecule has 0 spiro atoms. The van der Waals surface area contributed by atoms with E-state index in [1.807, 2.05) is 48.1 Å². The number of thiazole rings is 1. The molecule has 2 aromatic carbocycles. The van der Waals surface area contributed by atoms with Gasteiger partial charge < -0.3 is 9.88 Å². The highest BCUT2D eigenvalue weighted by Crippen LogP contribution is 2.38. The van der Waals surface area contributed by atoms with Gasteiger partial charge in [0.05, 0.1) is 16.6 Å². The van der Waals surface area contributed by atoms with Gasteiger partial charge in [-0.3, -0.25) is 4.79 Å². The Morgan fingerprint density at radius 2 is 1.82 bits per heavy atom. The minimum atomic E-state index is -4.23. The smallest absolute Gasteiger partial charge is 0.244 e. The van der Waals surface area contributed by atoms with Crippen LogP contribution in [0.15, 0.2) is 71.9 Å². The molecule has 0 saturated carbocycles. The quantitative estimate of drug-likeness (QED) is 0.416. The molecule has 1 atom stereocenters. The molecule has 4 rings (SSSR count). The molecule has 2 heterocycles. The lowest BCUT2D eigenvalue weighted by atomic mass is 10.1. The molecular weight excluding hydrogens is 465 g/mol. The van der Waals surface area contributed by atoms with Crippen molar-refractivity contribution in [2.45, 2.75) is 17.9 Å². The highest BCUT2D eigenvalue weighted by molar-refractivity contribution is 7.89. The van der Waals surface area contributed by atoms with E-state index in [9.17, 15) is 17.6 Å². The van der Waals surface area contributed by atoms with Gasteiger partial charge in [0.1, 0.15) is 10.7 Å². The maximum Gasteiger partial charge on any atom is 0.244 e. The Bertz CT molecular complexity index is 1400. The predicted molar refractivity (Wildman–Crippen MR) is 125 cm³/mol. The van der Waals surface area contributed by atoms with Crippen molar-refractivity contribution in [1.29, 1.82) is 0 Å². The van der Waals surface area contributed by atoms with Crippen LogP contribution in [-0.2, 0) is 21.9 Å². The number of halogens is 1. The van der Waals surface area contributed by atoms with E-state index in [1.54, 1.807) is 6.20 Å². The summed E-state index contributed by atoms with van der Waals surface area (Å²) in [5, 5.41) is 2.94. The van der Waals surface area contributed by atoms with Crippen molar-refractivity contribution in [2.24, 2.45) is 7.05 Å². The average Bonchev–Trinajstić information content (AvgIpc) is 3.40. The molecule has 2 N–H and O–H groups in total. The summed E-state index contributed by atoms with van der Waals surface area (Å²) in [4.78, 5) is 21.9. The third-order valence-corrected chi connectivity index (χ3v) is 7.32. The molecule has 0 radical (unpaired) electrons. The highest BCUT2D eigenvalue weighted by Gasteiger charge is 2.26. The molecule has 2 aromatic heterocycles. The van der Waals surface area contributed by atoms with Gasteiger partial charge in [0.2, 0.25) is 15.9 Å². The van der Waals surface area contributed by atoms with Gasteiger partial charge in [0.25, 0.3) is 0 Å². The van der Waals surface area contributed by atoms with E-state index in [0.717, 1.165) is 22.6 Å². The number of aromatic nitrogens is 3. The number of rotatable bonds is 7. The van der Waals surface area contributed by atoms with Gasteiger partial charge in [-0.25, -0.2) is 22.8 Å². The molecule has 0 fully saturated rings. The number of carbonyl (C=O) groups excluding carboxylic acids is 1. The van der Waals surface area contributed by atoms with Crippen molar-refractivity contribution >= 4 is 32.4 Å². The summed E-state index contributed by atoms with van der Waals surface area (Å²) in [5.41, 5.74) is 1.49. The van der Waals surface area contributed by atoms with E-state index in [-0.39, 0.29) is 5.13 Å². The fraction of sp³-hybridized carbons (Fsp3) is 0.136. The van der Waals surface area contributed by atoms with Gasteiger partial charge in [-0.15, -0.1) is 0 Å². The number of imidazole rings is 1. The summed E-state index contributed by atoms with van der Waals surface area (Å²) in [6.07, 6.45) is 3.48. The van der Waals surface area contributed by atoms with E-state index >= 15 is 0 Å². The van der Waals surface area contributed by atoms with Crippen molar-refractivity contribution in [3.05, 3.63) is 72.8 Å². The Hall–Kier alpha value is -3.41. The number of amides is 1. The van der Waals surface area contributed by atoms with Gasteiger partial charge in [0.15, 0.2) is 11.0 Å². The Labute approximate surface area is 194 Å². The minimum absolute atomic E-state index is 0.286. The van der Waals surface area contributed by atoms with Crippen molar-refractivity contribution in [3.63, 3.8) is 0 Å². The molecule has 170 valence electrons. The molecule has 0 saturated heterocycles. The van der Waals surface area contributed by atoms with Crippen molar-refractivity contribution in [3.8, 4) is 22.0 Å². The third-order valence-electron chi connectivity index (χ3n) is 4.78. The lowest BCUT2D eigenvalue weighted by Crippen LogP contribution is -2.41. The van der Waals surface area contributed by atoms with Crippen LogP contribution >= 0.6 is 11.3 Å². The number of aryl methyl sites for hydroxylation is 1. The van der Waals surface area contributed by atoms with E-state index in [4.69, 9.17) is 0 Å². The predicted octanol–water partition coefficient (Wildman–Crippen LogP) is 3.66. The molecular formula is C22H20FN5O3S2. The minimum Gasteiger partial charge on any atom is -0.333 e. The Morgan fingerprint density at radius 1 is 1.12 bits per heavy atom. The zero-order chi connectivity index (χ0) is 23.6. The number of anilines is 1. The van der Waals surface area contributed by atoms with Gasteiger partial charge in [-0.2, -0.15) is 4.72 Å². The maximum absolute atomic E-state index is 13.9. The first-order chi connectivity index (χ1) is 15.8. The molecule has 11 heteroatoms. The first-order valence-corrected chi connectivity index (χ1v) is 12.2. The number of benzene rings is 2. The summed E-state index contributed by atoms with van der Waals surface area (Å²) in [6.45, 7) is 1.37. The van der Waals surface area contributed by atoms with Gasteiger partial charge >= 0.3 is 0 Å². The summed E-state index contributed by atoms with van der Waals surface area (Å²) < 4.78 is 43.0. The van der Waals surface area contributed by atoms with Gasteiger partial charge in [0, 0.05) is 25.0 Å². The second-order valence-electron chi connectivity index (χ2n) is 7.19. The lowest BCUT2D eigenvalue weighted by molar-refractivity contribution is -0.117. The first-order valence-electron chi connectivity index (χ1n) is 9.88. The van der Waals surface area contributed by atoms with Crippen LogP contribution in [0.1, 0.15) is 6.92 Å². The third kappa shape index (κ3) is 4.85. The number of hydrogen-bond acceptors (Lipinski definition) is 6. The van der Waals surface area contributed by atoms with Crippen molar-refractivity contribution in [2.75, 3.05) is 5.32 Å². The van der Waals surface area contributed by atoms with Gasteiger partial charge in [-0.1, -0.05) is 53.8 Å². The van der Waals surface area contributed by atoms with E-state index in [0.29, 0.717) is 11.5 Å². The van der Waals surface area contributed by atoms with Crippen LogP contribution < -0.4 is 10.0 Å². The van der Waals surface area contributed by atoms with Crippen LogP contribution in [0.4, 0.5) is 9.52 Å². The van der Waals surface area contributed by atoms with Crippen LogP contribution in [0, 0.1) is 5.82 Å². The lowest BCUT2D eigenvalue weighted by Gasteiger charge is -2.13. The molecule has 0 bridgehead atoms. The molecule has 8 nitrogen and oxygen atoms in total. The SMILES string of the molecule is C[C@H](NS(=O)(=O)c1ccccc1F)C(=O)Nc1nc(-c2ccccc2)c(-c2nccn2C)s1. The molecule has 0 aliphatic heterocycles. The molecule has 33 heavy (non-hydrogen) atoms. The normalized spacial score (nSPS) is 12.5. The highest BCUT2D eigenvalue weighted by atomic mass is 32.2. The van der Waals surface area contributed by atoms with E-state index < -0.39 is 32.7 Å². The van der Waals surface area contributed by atoms with Crippen LogP contribution in [0.5, 0.6) is 0 Å². The van der Waals surface area contributed by atoms with Crippen LogP contribution in [0.25, 0.3) is 22.0 Å². The number of hydrogen-bond donors (Lipinski definition) is 2. The summed E-state index contributed by atoms with van der Waals surface area (Å²) >= 11 is 1.23. The second kappa shape index (κ2) is 9.22. The summed E-state index contributed by atoms with van der Waals surface area (Å²) in [5.74, 6) is -0.848. The summed E-state index contributed by atoms with van der Waals surface area (Å²) in [6, 6.07) is 13.3. The summed E-state index contributed by atoms with van der Waals surface area (Å²) in [7, 11) is -2.37. The van der Waals surface area contributed by atoms with Crippen LogP contribution in [-0.4, -0.2) is 34.9 Å². The number of carbonyl (C=O) groups is 1. The Balaban J connectivity index is 1.59. The van der Waals surface area contributed by atoms with E-state index in [2.05, 4.69) is 20.0 Å². The topological polar surface area (TPSA) is 106 Å². The second-order valence-corrected chi connectivity index (χ2v) is 9.87. The number of nitrogens with zero attached hydrogens (tertiary/aromatic N) is 3. The monoisotopic (exact) mass is 485 g/mol. The molecule has 0 aliphatic carbocycles. The van der Waals surface area contributed by atoms with E-state index in [1.165, 1.54) is 30.4 Å². The molecule has 1 amide bonds. The standard InChI is InChI=1S/C22H20FN5O3S2/c1-14(27-33(30,31)17-11-7-6-10-16(17)23)21(29)26-22-25-18(15-8-4-3-5-9-15)19(32-22)20-24-12-13-28(20)2/h3-14,27H,1-2H3,(H,25,26,29)/t14-/m0/s1. The fourth-order valence-electron chi connectivity index (χ4n) is 3.13. The molecule has 0 aliphatic rings. The average molecular weight is 486 g/mol. The zero-order valence-corrected chi connectivity index (χ0v) is 19.3. The van der Waals surface area contributed by atoms with Crippen LogP contribution in [0.3, 0.4) is 0 Å².